The molecule has 0 saturated carbocycles. The molecule has 1 aliphatic rings. The molecule has 8 nitrogen and oxygen atoms in total. The summed E-state index contributed by atoms with van der Waals surface area (Å²) in [7, 11) is -1.88. The van der Waals surface area contributed by atoms with E-state index in [1.54, 1.807) is 31.4 Å². The molecule has 1 heterocycles. The Labute approximate surface area is 160 Å². The van der Waals surface area contributed by atoms with E-state index in [-0.39, 0.29) is 29.8 Å². The zero-order chi connectivity index (χ0) is 18.1. The average Bonchev–Trinajstić information content (AvgIpc) is 2.64. The van der Waals surface area contributed by atoms with E-state index in [0.29, 0.717) is 46.0 Å². The van der Waals surface area contributed by atoms with Crippen LogP contribution in [0.2, 0.25) is 0 Å². The Morgan fingerprint density at radius 2 is 1.88 bits per heavy atom. The molecule has 0 aliphatic carbocycles. The molecule has 0 spiro atoms. The molecule has 0 atom stereocenters. The van der Waals surface area contributed by atoms with Gasteiger partial charge >= 0.3 is 0 Å². The first-order valence-corrected chi connectivity index (χ1v) is 9.61. The van der Waals surface area contributed by atoms with Crippen LogP contribution < -0.4 is 10.6 Å². The van der Waals surface area contributed by atoms with Crippen molar-refractivity contribution in [1.82, 2.24) is 14.9 Å². The van der Waals surface area contributed by atoms with Crippen molar-refractivity contribution in [2.24, 2.45) is 0 Å². The Bertz CT molecular complexity index is 648. The molecule has 1 amide bonds. The topological polar surface area (TPSA) is 97.0 Å². The number of carbonyl (C=O) groups is 1. The first kappa shape index (κ1) is 22.8. The number of morpholine rings is 1. The van der Waals surface area contributed by atoms with Crippen molar-refractivity contribution >= 4 is 28.3 Å². The number of carbonyl (C=O) groups excluding carboxylic acids is 1. The fourth-order valence-electron chi connectivity index (χ4n) is 2.35. The van der Waals surface area contributed by atoms with Crippen LogP contribution in [0.1, 0.15) is 5.56 Å². The normalized spacial score (nSPS) is 15.3. The van der Waals surface area contributed by atoms with Gasteiger partial charge in [0.15, 0.2) is 0 Å². The van der Waals surface area contributed by atoms with Crippen molar-refractivity contribution in [2.75, 3.05) is 53.1 Å². The fourth-order valence-corrected chi connectivity index (χ4v) is 3.76. The highest BCUT2D eigenvalue weighted by molar-refractivity contribution is 7.89. The smallest absolute Gasteiger partial charge is 0.243 e. The summed E-state index contributed by atoms with van der Waals surface area (Å²) in [5.41, 5.74) is 0.839. The van der Waals surface area contributed by atoms with Crippen LogP contribution in [0, 0.1) is 0 Å². The van der Waals surface area contributed by atoms with Gasteiger partial charge < -0.3 is 20.1 Å². The molecule has 0 bridgehead atoms. The molecule has 0 aromatic heterocycles. The quantitative estimate of drug-likeness (QED) is 0.558. The van der Waals surface area contributed by atoms with Gasteiger partial charge in [0.1, 0.15) is 0 Å². The minimum atomic E-state index is -3.48. The van der Waals surface area contributed by atoms with Crippen molar-refractivity contribution in [3.63, 3.8) is 0 Å². The van der Waals surface area contributed by atoms with Crippen LogP contribution in [0.4, 0.5) is 0 Å². The van der Waals surface area contributed by atoms with E-state index in [2.05, 4.69) is 10.6 Å². The Morgan fingerprint density at radius 1 is 1.23 bits per heavy atom. The standard InChI is InChI=1S/C16H25N3O5S.ClH/c1-23-9-6-17-13-16(20)18-12-14-2-4-15(5-3-14)25(21,22)19-7-10-24-11-8-19;/h2-5,17H,6-13H2,1H3,(H,18,20);1H. The number of amides is 1. The van der Waals surface area contributed by atoms with E-state index < -0.39 is 10.0 Å². The monoisotopic (exact) mass is 407 g/mol. The zero-order valence-electron chi connectivity index (χ0n) is 14.8. The zero-order valence-corrected chi connectivity index (χ0v) is 16.4. The lowest BCUT2D eigenvalue weighted by molar-refractivity contribution is -0.120. The number of sulfonamides is 1. The predicted octanol–water partition coefficient (Wildman–Crippen LogP) is -0.0185. The van der Waals surface area contributed by atoms with Crippen LogP contribution in [-0.2, 0) is 30.8 Å². The van der Waals surface area contributed by atoms with Crippen molar-refractivity contribution in [1.29, 1.82) is 0 Å². The molecule has 10 heteroatoms. The summed E-state index contributed by atoms with van der Waals surface area (Å²) in [5.74, 6) is -0.124. The number of halogens is 1. The third kappa shape index (κ3) is 6.82. The van der Waals surface area contributed by atoms with Crippen LogP contribution >= 0.6 is 12.4 Å². The molecule has 0 radical (unpaired) electrons. The molecule has 1 aromatic rings. The van der Waals surface area contributed by atoms with Gasteiger partial charge in [-0.1, -0.05) is 12.1 Å². The number of hydrogen-bond acceptors (Lipinski definition) is 6. The van der Waals surface area contributed by atoms with Crippen LogP contribution in [0.3, 0.4) is 0 Å². The first-order chi connectivity index (χ1) is 12.0. The van der Waals surface area contributed by atoms with Crippen LogP contribution in [0.5, 0.6) is 0 Å². The summed E-state index contributed by atoms with van der Waals surface area (Å²) in [4.78, 5) is 11.9. The molecule has 1 aromatic carbocycles. The summed E-state index contributed by atoms with van der Waals surface area (Å²) in [6.45, 7) is 3.30. The van der Waals surface area contributed by atoms with Gasteiger partial charge in [0.2, 0.25) is 15.9 Å². The largest absolute Gasteiger partial charge is 0.383 e. The van der Waals surface area contributed by atoms with E-state index >= 15 is 0 Å². The van der Waals surface area contributed by atoms with Gasteiger partial charge in [0.25, 0.3) is 0 Å². The first-order valence-electron chi connectivity index (χ1n) is 8.17. The average molecular weight is 408 g/mol. The molecular formula is C16H26ClN3O5S. The van der Waals surface area contributed by atoms with Crippen LogP contribution in [0.25, 0.3) is 0 Å². The second kappa shape index (κ2) is 11.5. The number of benzene rings is 1. The molecule has 1 fully saturated rings. The molecule has 1 aliphatic heterocycles. The van der Waals surface area contributed by atoms with Gasteiger partial charge in [-0.25, -0.2) is 8.42 Å². The Balaban J connectivity index is 0.00000338. The number of rotatable bonds is 9. The highest BCUT2D eigenvalue weighted by Gasteiger charge is 2.25. The van der Waals surface area contributed by atoms with Gasteiger partial charge in [0, 0.05) is 33.3 Å². The maximum atomic E-state index is 12.5. The van der Waals surface area contributed by atoms with E-state index in [9.17, 15) is 13.2 Å². The molecular weight excluding hydrogens is 382 g/mol. The highest BCUT2D eigenvalue weighted by atomic mass is 35.5. The molecule has 2 N–H and O–H groups in total. The summed E-state index contributed by atoms with van der Waals surface area (Å²) in [5, 5.41) is 5.73. The maximum Gasteiger partial charge on any atom is 0.243 e. The third-order valence-electron chi connectivity index (χ3n) is 3.79. The fraction of sp³-hybridized carbons (Fsp3) is 0.562. The number of hydrogen-bond donors (Lipinski definition) is 2. The molecule has 1 saturated heterocycles. The van der Waals surface area contributed by atoms with Crippen LogP contribution in [0.15, 0.2) is 29.2 Å². The van der Waals surface area contributed by atoms with Crippen LogP contribution in [-0.4, -0.2) is 71.7 Å². The number of nitrogens with one attached hydrogen (secondary N) is 2. The predicted molar refractivity (Wildman–Crippen MR) is 99.9 cm³/mol. The lowest BCUT2D eigenvalue weighted by Crippen LogP contribution is -2.40. The minimum Gasteiger partial charge on any atom is -0.383 e. The molecule has 26 heavy (non-hydrogen) atoms. The molecule has 2 rings (SSSR count). The Kier molecular flexibility index (Phi) is 10.1. The second-order valence-corrected chi connectivity index (χ2v) is 7.54. The van der Waals surface area contributed by atoms with Gasteiger partial charge in [-0.2, -0.15) is 4.31 Å². The minimum absolute atomic E-state index is 0. The maximum absolute atomic E-state index is 12.5. The Morgan fingerprint density at radius 3 is 2.50 bits per heavy atom. The molecule has 0 unspecified atom stereocenters. The van der Waals surface area contributed by atoms with Gasteiger partial charge in [-0.05, 0) is 17.7 Å². The Hall–Kier alpha value is -1.23. The van der Waals surface area contributed by atoms with E-state index in [1.807, 2.05) is 0 Å². The van der Waals surface area contributed by atoms with Crippen molar-refractivity contribution in [2.45, 2.75) is 11.4 Å². The highest BCUT2D eigenvalue weighted by Crippen LogP contribution is 2.17. The SMILES string of the molecule is COCCNCC(=O)NCc1ccc(S(=O)(=O)N2CCOCC2)cc1.Cl. The van der Waals surface area contributed by atoms with Gasteiger partial charge in [0.05, 0.1) is 31.3 Å². The van der Waals surface area contributed by atoms with Gasteiger partial charge in [-0.15, -0.1) is 12.4 Å². The second-order valence-electron chi connectivity index (χ2n) is 5.61. The third-order valence-corrected chi connectivity index (χ3v) is 5.70. The van der Waals surface area contributed by atoms with E-state index in [0.717, 1.165) is 5.56 Å². The number of nitrogens with zero attached hydrogens (tertiary/aromatic N) is 1. The summed E-state index contributed by atoms with van der Waals surface area (Å²) in [6, 6.07) is 6.57. The van der Waals surface area contributed by atoms with Gasteiger partial charge in [-0.3, -0.25) is 4.79 Å². The number of methoxy groups -OCH3 is 1. The van der Waals surface area contributed by atoms with E-state index in [1.165, 1.54) is 4.31 Å². The van der Waals surface area contributed by atoms with Crippen molar-refractivity contribution in [3.05, 3.63) is 29.8 Å². The molecule has 148 valence electrons. The lowest BCUT2D eigenvalue weighted by atomic mass is 10.2. The van der Waals surface area contributed by atoms with E-state index in [4.69, 9.17) is 9.47 Å². The number of ether oxygens (including phenoxy) is 2. The summed E-state index contributed by atoms with van der Waals surface area (Å²) < 4.78 is 36.5. The summed E-state index contributed by atoms with van der Waals surface area (Å²) in [6.07, 6.45) is 0. The van der Waals surface area contributed by atoms with Crippen molar-refractivity contribution in [3.8, 4) is 0 Å². The summed E-state index contributed by atoms with van der Waals surface area (Å²) >= 11 is 0. The van der Waals surface area contributed by atoms with Crippen molar-refractivity contribution < 1.29 is 22.7 Å². The lowest BCUT2D eigenvalue weighted by Gasteiger charge is -2.26.